The number of nitrogen functional groups attached to an aromatic ring is 1. The smallest absolute Gasteiger partial charge is 0.335 e. The van der Waals surface area contributed by atoms with Gasteiger partial charge in [-0.15, -0.1) is 5.10 Å². The third-order valence-corrected chi connectivity index (χ3v) is 2.55. The molecular weight excluding hydrogens is 234 g/mol. The van der Waals surface area contributed by atoms with E-state index in [1.165, 1.54) is 16.6 Å². The Balaban J connectivity index is 2.23. The molecule has 0 fully saturated rings. The van der Waals surface area contributed by atoms with Crippen molar-refractivity contribution in [2.75, 3.05) is 5.73 Å². The maximum Gasteiger partial charge on any atom is 0.335 e. The molecule has 0 aromatic carbocycles. The fourth-order valence-electron chi connectivity index (χ4n) is 1.72. The van der Waals surface area contributed by atoms with Gasteiger partial charge in [0.05, 0.1) is 11.3 Å². The molecule has 0 aliphatic carbocycles. The number of nitrogens with two attached hydrogens (primary N) is 1. The fourth-order valence-corrected chi connectivity index (χ4v) is 1.72. The molecule has 0 radical (unpaired) electrons. The number of pyridine rings is 1. The van der Waals surface area contributed by atoms with Crippen LogP contribution in [0, 0.1) is 0 Å². The number of nitrogens with one attached hydrogen (secondary N) is 1. The van der Waals surface area contributed by atoms with Crippen LogP contribution in [-0.2, 0) is 0 Å². The standard InChI is InChI=1S/C11H9N5O2/c12-8-4-6(11(17)18)5-9-14-10(15-16(8)9)7-2-1-3-13-7/h1-5,13H,12H2,(H,17,18). The van der Waals surface area contributed by atoms with Crippen molar-refractivity contribution in [3.8, 4) is 11.5 Å². The molecular formula is C11H9N5O2. The number of H-pyrrole nitrogens is 1. The summed E-state index contributed by atoms with van der Waals surface area (Å²) in [6.45, 7) is 0. The Morgan fingerprint density at radius 1 is 1.44 bits per heavy atom. The second kappa shape index (κ2) is 3.59. The van der Waals surface area contributed by atoms with E-state index in [4.69, 9.17) is 10.8 Å². The van der Waals surface area contributed by atoms with Crippen molar-refractivity contribution >= 4 is 17.4 Å². The molecule has 7 heteroatoms. The minimum Gasteiger partial charge on any atom is -0.478 e. The van der Waals surface area contributed by atoms with Gasteiger partial charge in [-0.3, -0.25) is 0 Å². The van der Waals surface area contributed by atoms with E-state index in [1.54, 1.807) is 6.20 Å². The first kappa shape index (κ1) is 10.3. The number of carboxylic acid groups (broad SMARTS) is 1. The molecule has 7 nitrogen and oxygen atoms in total. The van der Waals surface area contributed by atoms with Gasteiger partial charge in [0.25, 0.3) is 0 Å². The third-order valence-electron chi connectivity index (χ3n) is 2.55. The summed E-state index contributed by atoms with van der Waals surface area (Å²) >= 11 is 0. The van der Waals surface area contributed by atoms with Crippen molar-refractivity contribution in [2.24, 2.45) is 0 Å². The molecule has 0 atom stereocenters. The van der Waals surface area contributed by atoms with Gasteiger partial charge >= 0.3 is 5.97 Å². The highest BCUT2D eigenvalue weighted by Gasteiger charge is 2.12. The van der Waals surface area contributed by atoms with E-state index in [9.17, 15) is 4.79 Å². The summed E-state index contributed by atoms with van der Waals surface area (Å²) in [6.07, 6.45) is 1.76. The van der Waals surface area contributed by atoms with Gasteiger partial charge in [0.2, 0.25) is 0 Å². The number of anilines is 1. The third kappa shape index (κ3) is 1.49. The number of aromatic nitrogens is 4. The molecule has 3 rings (SSSR count). The molecule has 0 saturated carbocycles. The van der Waals surface area contributed by atoms with Crippen LogP contribution in [0.3, 0.4) is 0 Å². The molecule has 0 spiro atoms. The van der Waals surface area contributed by atoms with Crippen molar-refractivity contribution in [3.63, 3.8) is 0 Å². The summed E-state index contributed by atoms with van der Waals surface area (Å²) in [5, 5.41) is 13.2. The number of hydrogen-bond donors (Lipinski definition) is 3. The molecule has 3 heterocycles. The highest BCUT2D eigenvalue weighted by molar-refractivity contribution is 5.89. The van der Waals surface area contributed by atoms with E-state index < -0.39 is 5.97 Å². The molecule has 0 bridgehead atoms. The van der Waals surface area contributed by atoms with Gasteiger partial charge in [-0.2, -0.15) is 4.52 Å². The molecule has 0 aliphatic heterocycles. The number of carboxylic acids is 1. The Kier molecular flexibility index (Phi) is 2.06. The minimum atomic E-state index is -1.05. The van der Waals surface area contributed by atoms with Gasteiger partial charge in [0.15, 0.2) is 11.5 Å². The van der Waals surface area contributed by atoms with Crippen LogP contribution in [0.4, 0.5) is 5.82 Å². The van der Waals surface area contributed by atoms with Gasteiger partial charge in [-0.05, 0) is 24.3 Å². The number of carbonyl (C=O) groups is 1. The maximum absolute atomic E-state index is 10.9. The van der Waals surface area contributed by atoms with Crippen LogP contribution in [0.1, 0.15) is 10.4 Å². The Morgan fingerprint density at radius 3 is 2.94 bits per heavy atom. The fraction of sp³-hybridized carbons (Fsp3) is 0. The second-order valence-electron chi connectivity index (χ2n) is 3.76. The van der Waals surface area contributed by atoms with Crippen molar-refractivity contribution in [3.05, 3.63) is 36.0 Å². The topological polar surface area (TPSA) is 109 Å². The molecule has 3 aromatic heterocycles. The molecule has 90 valence electrons. The summed E-state index contributed by atoms with van der Waals surface area (Å²) in [5.41, 5.74) is 6.98. The summed E-state index contributed by atoms with van der Waals surface area (Å²) in [6, 6.07) is 6.43. The molecule has 0 aliphatic rings. The van der Waals surface area contributed by atoms with Gasteiger partial charge in [-0.1, -0.05) is 0 Å². The Hall–Kier alpha value is -2.83. The predicted molar refractivity (Wildman–Crippen MR) is 64.1 cm³/mol. The Labute approximate surface area is 101 Å². The van der Waals surface area contributed by atoms with Crippen LogP contribution in [0.5, 0.6) is 0 Å². The number of rotatable bonds is 2. The largest absolute Gasteiger partial charge is 0.478 e. The van der Waals surface area contributed by atoms with E-state index in [2.05, 4.69) is 15.1 Å². The number of fused-ring (bicyclic) bond motifs is 1. The van der Waals surface area contributed by atoms with Crippen LogP contribution in [0.2, 0.25) is 0 Å². The van der Waals surface area contributed by atoms with Gasteiger partial charge in [-0.25, -0.2) is 9.78 Å². The lowest BCUT2D eigenvalue weighted by Gasteiger charge is -1.99. The van der Waals surface area contributed by atoms with Crippen LogP contribution in [0.15, 0.2) is 30.5 Å². The number of aromatic amines is 1. The number of nitrogens with zero attached hydrogens (tertiary/aromatic N) is 3. The number of hydrogen-bond acceptors (Lipinski definition) is 4. The lowest BCUT2D eigenvalue weighted by atomic mass is 10.2. The quantitative estimate of drug-likeness (QED) is 0.622. The Morgan fingerprint density at radius 2 is 2.28 bits per heavy atom. The maximum atomic E-state index is 10.9. The van der Waals surface area contributed by atoms with E-state index in [1.807, 2.05) is 12.1 Å². The molecule has 0 amide bonds. The van der Waals surface area contributed by atoms with Crippen molar-refractivity contribution in [2.45, 2.75) is 0 Å². The molecule has 0 unspecified atom stereocenters. The summed E-state index contributed by atoms with van der Waals surface area (Å²) in [7, 11) is 0. The first-order chi connectivity index (χ1) is 8.65. The van der Waals surface area contributed by atoms with Crippen LogP contribution in [-0.4, -0.2) is 30.7 Å². The molecule has 0 saturated heterocycles. The zero-order chi connectivity index (χ0) is 12.7. The van der Waals surface area contributed by atoms with Crippen molar-refractivity contribution in [1.29, 1.82) is 0 Å². The lowest BCUT2D eigenvalue weighted by molar-refractivity contribution is 0.0697. The summed E-state index contributed by atoms with van der Waals surface area (Å²) in [4.78, 5) is 18.1. The van der Waals surface area contributed by atoms with E-state index in [0.29, 0.717) is 11.5 Å². The molecule has 18 heavy (non-hydrogen) atoms. The highest BCUT2D eigenvalue weighted by Crippen LogP contribution is 2.17. The normalized spacial score (nSPS) is 10.9. The van der Waals surface area contributed by atoms with E-state index in [0.717, 1.165) is 5.69 Å². The highest BCUT2D eigenvalue weighted by atomic mass is 16.4. The first-order valence-corrected chi connectivity index (χ1v) is 5.18. The molecule has 3 aromatic rings. The van der Waals surface area contributed by atoms with Gasteiger partial charge in [0, 0.05) is 6.20 Å². The average Bonchev–Trinajstić information content (AvgIpc) is 2.96. The zero-order valence-corrected chi connectivity index (χ0v) is 9.16. The van der Waals surface area contributed by atoms with Crippen LogP contribution < -0.4 is 5.73 Å². The predicted octanol–water partition coefficient (Wildman–Crippen LogP) is 1.00. The monoisotopic (exact) mass is 243 g/mol. The SMILES string of the molecule is Nc1cc(C(=O)O)cc2nc(-c3ccc[nH]3)nn12. The van der Waals surface area contributed by atoms with E-state index >= 15 is 0 Å². The summed E-state index contributed by atoms with van der Waals surface area (Å²) in [5.74, 6) is -0.349. The summed E-state index contributed by atoms with van der Waals surface area (Å²) < 4.78 is 1.41. The second-order valence-corrected chi connectivity index (χ2v) is 3.76. The Bertz CT molecular complexity index is 729. The lowest BCUT2D eigenvalue weighted by Crippen LogP contribution is -2.03. The zero-order valence-electron chi connectivity index (χ0n) is 9.16. The van der Waals surface area contributed by atoms with Crippen molar-refractivity contribution < 1.29 is 9.90 Å². The van der Waals surface area contributed by atoms with Gasteiger partial charge in [0.1, 0.15) is 5.82 Å². The minimum absolute atomic E-state index is 0.0884. The first-order valence-electron chi connectivity index (χ1n) is 5.18. The van der Waals surface area contributed by atoms with Gasteiger partial charge < -0.3 is 15.8 Å². The van der Waals surface area contributed by atoms with E-state index in [-0.39, 0.29) is 11.4 Å². The van der Waals surface area contributed by atoms with Crippen LogP contribution in [0.25, 0.3) is 17.2 Å². The van der Waals surface area contributed by atoms with Crippen LogP contribution >= 0.6 is 0 Å². The average molecular weight is 243 g/mol. The van der Waals surface area contributed by atoms with Crippen molar-refractivity contribution in [1.82, 2.24) is 19.6 Å². The molecule has 4 N–H and O–H groups in total. The number of aromatic carboxylic acids is 1.